The Morgan fingerprint density at radius 3 is 1.84 bits per heavy atom. The molecule has 4 heterocycles. The van der Waals surface area contributed by atoms with Gasteiger partial charge in [-0.25, -0.2) is 9.83 Å². The molecule has 0 bridgehead atoms. The van der Waals surface area contributed by atoms with Crippen molar-refractivity contribution >= 4 is 71.2 Å². The molecule has 0 fully saturated rings. The van der Waals surface area contributed by atoms with Crippen LogP contribution >= 0.6 is 0 Å². The highest BCUT2D eigenvalue weighted by molar-refractivity contribution is 6.18. The summed E-state index contributed by atoms with van der Waals surface area (Å²) < 4.78 is 6.81. The molecule has 11 aromatic rings. The summed E-state index contributed by atoms with van der Waals surface area (Å²) in [4.78, 5) is 8.88. The molecule has 0 atom stereocenters. The minimum absolute atomic E-state index is 0.549. The smallest absolute Gasteiger partial charge is 0.189 e. The number of nitriles is 1. The van der Waals surface area contributed by atoms with Crippen molar-refractivity contribution in [2.24, 2.45) is 0 Å². The Morgan fingerprint density at radius 2 is 1.07 bits per heavy atom. The summed E-state index contributed by atoms with van der Waals surface area (Å²) >= 11 is 0. The molecule has 0 N–H and O–H groups in total. The Morgan fingerprint density at radius 1 is 0.455 bits per heavy atom. The minimum Gasteiger partial charge on any atom is -0.310 e. The quantitative estimate of drug-likeness (QED) is 0.172. The Labute approximate surface area is 315 Å². The molecule has 6 nitrogen and oxygen atoms in total. The SMILES string of the molecule is [C-]#[N+]c1cc(-c2cccc(-n3c4cc5c6ccccc6n(-c6ccccc6)c5cc4c4cccnc43)c2)cc(-n2c3ccccc3c3cc(C#N)ccc32)c1. The molecule has 4 aromatic heterocycles. The number of aromatic nitrogens is 4. The summed E-state index contributed by atoms with van der Waals surface area (Å²) in [7, 11) is 0. The van der Waals surface area contributed by atoms with Crippen molar-refractivity contribution in [2.75, 3.05) is 0 Å². The number of nitrogens with zero attached hydrogens (tertiary/aromatic N) is 6. The lowest BCUT2D eigenvalue weighted by Crippen LogP contribution is -1.97. The van der Waals surface area contributed by atoms with Gasteiger partial charge in [-0.2, -0.15) is 5.26 Å². The fourth-order valence-corrected chi connectivity index (χ4v) is 8.52. The van der Waals surface area contributed by atoms with E-state index in [0.29, 0.717) is 11.3 Å². The highest BCUT2D eigenvalue weighted by Gasteiger charge is 2.20. The fraction of sp³-hybridized carbons (Fsp3) is 0. The van der Waals surface area contributed by atoms with Crippen LogP contribution in [-0.2, 0) is 0 Å². The number of hydrogen-bond acceptors (Lipinski definition) is 2. The van der Waals surface area contributed by atoms with Gasteiger partial charge in [0, 0.05) is 55.6 Å². The van der Waals surface area contributed by atoms with Crippen molar-refractivity contribution in [1.82, 2.24) is 18.7 Å². The van der Waals surface area contributed by atoms with Gasteiger partial charge in [0.1, 0.15) is 5.65 Å². The van der Waals surface area contributed by atoms with Crippen molar-refractivity contribution in [3.05, 3.63) is 187 Å². The zero-order chi connectivity index (χ0) is 36.6. The van der Waals surface area contributed by atoms with Gasteiger partial charge in [-0.3, -0.25) is 4.57 Å². The molecule has 254 valence electrons. The van der Waals surface area contributed by atoms with Crippen molar-refractivity contribution in [1.29, 1.82) is 5.26 Å². The number of benzene rings is 7. The van der Waals surface area contributed by atoms with Crippen molar-refractivity contribution in [2.45, 2.75) is 0 Å². The molecular weight excluding hydrogens is 673 g/mol. The van der Waals surface area contributed by atoms with E-state index in [2.05, 4.69) is 140 Å². The van der Waals surface area contributed by atoms with Crippen molar-refractivity contribution < 1.29 is 0 Å². The van der Waals surface area contributed by atoms with Crippen LogP contribution < -0.4 is 0 Å². The average Bonchev–Trinajstić information content (AvgIpc) is 3.88. The predicted octanol–water partition coefficient (Wildman–Crippen LogP) is 12.5. The van der Waals surface area contributed by atoms with Crippen LogP contribution in [0, 0.1) is 17.9 Å². The summed E-state index contributed by atoms with van der Waals surface area (Å²) in [6.07, 6.45) is 1.86. The van der Waals surface area contributed by atoms with E-state index in [9.17, 15) is 5.26 Å². The molecule has 0 aliphatic heterocycles. The first-order chi connectivity index (χ1) is 27.2. The second kappa shape index (κ2) is 11.8. The summed E-state index contributed by atoms with van der Waals surface area (Å²) in [5.41, 5.74) is 12.4. The maximum absolute atomic E-state index is 9.67. The third-order valence-corrected chi connectivity index (χ3v) is 10.9. The van der Waals surface area contributed by atoms with E-state index >= 15 is 0 Å². The van der Waals surface area contributed by atoms with Crippen LogP contribution in [0.25, 0.3) is 98.6 Å². The molecule has 6 heteroatoms. The fourth-order valence-electron chi connectivity index (χ4n) is 8.52. The second-order valence-corrected chi connectivity index (χ2v) is 13.9. The van der Waals surface area contributed by atoms with E-state index in [1.54, 1.807) is 0 Å². The molecule has 7 aromatic carbocycles. The minimum atomic E-state index is 0.549. The van der Waals surface area contributed by atoms with Crippen LogP contribution in [0.4, 0.5) is 5.69 Å². The first kappa shape index (κ1) is 30.7. The van der Waals surface area contributed by atoms with Gasteiger partial charge in [-0.1, -0.05) is 66.7 Å². The van der Waals surface area contributed by atoms with Gasteiger partial charge in [0.2, 0.25) is 0 Å². The lowest BCUT2D eigenvalue weighted by Gasteiger charge is -2.13. The Kier molecular flexibility index (Phi) is 6.58. The lowest BCUT2D eigenvalue weighted by molar-refractivity contribution is 1.14. The molecule has 0 amide bonds. The Balaban J connectivity index is 1.13. The molecule has 0 unspecified atom stereocenters. The number of fused-ring (bicyclic) bond motifs is 9. The van der Waals surface area contributed by atoms with Crippen LogP contribution in [0.15, 0.2) is 170 Å². The Hall–Kier alpha value is -7.93. The van der Waals surface area contributed by atoms with E-state index in [4.69, 9.17) is 11.6 Å². The number of hydrogen-bond donors (Lipinski definition) is 0. The van der Waals surface area contributed by atoms with Crippen molar-refractivity contribution in [3.63, 3.8) is 0 Å². The van der Waals surface area contributed by atoms with E-state index < -0.39 is 0 Å². The second-order valence-electron chi connectivity index (χ2n) is 13.9. The van der Waals surface area contributed by atoms with Gasteiger partial charge in [0.15, 0.2) is 5.69 Å². The van der Waals surface area contributed by atoms with E-state index in [0.717, 1.165) is 83.0 Å². The molecule has 0 saturated carbocycles. The predicted molar refractivity (Wildman–Crippen MR) is 224 cm³/mol. The molecule has 0 aliphatic rings. The molecule has 0 aliphatic carbocycles. The maximum atomic E-state index is 9.67. The topological polar surface area (TPSA) is 55.8 Å². The van der Waals surface area contributed by atoms with E-state index in [-0.39, 0.29) is 0 Å². The van der Waals surface area contributed by atoms with E-state index in [1.165, 1.54) is 10.8 Å². The third-order valence-electron chi connectivity index (χ3n) is 10.9. The van der Waals surface area contributed by atoms with Crippen LogP contribution in [0.1, 0.15) is 5.56 Å². The highest BCUT2D eigenvalue weighted by Crippen LogP contribution is 2.40. The normalized spacial score (nSPS) is 11.6. The first-order valence-corrected chi connectivity index (χ1v) is 18.1. The number of para-hydroxylation sites is 3. The summed E-state index contributed by atoms with van der Waals surface area (Å²) in [5, 5.41) is 16.3. The van der Waals surface area contributed by atoms with Crippen LogP contribution in [0.2, 0.25) is 0 Å². The zero-order valence-electron chi connectivity index (χ0n) is 29.3. The molecule has 0 radical (unpaired) electrons. The molecule has 0 spiro atoms. The highest BCUT2D eigenvalue weighted by atomic mass is 15.1. The first-order valence-electron chi connectivity index (χ1n) is 18.1. The van der Waals surface area contributed by atoms with Gasteiger partial charge in [-0.05, 0) is 108 Å². The molecular formula is C49H28N6. The van der Waals surface area contributed by atoms with E-state index in [1.807, 2.05) is 54.7 Å². The zero-order valence-corrected chi connectivity index (χ0v) is 29.3. The number of rotatable bonds is 4. The van der Waals surface area contributed by atoms with Gasteiger partial charge >= 0.3 is 0 Å². The summed E-state index contributed by atoms with van der Waals surface area (Å²) in [5.74, 6) is 0. The third kappa shape index (κ3) is 4.56. The molecule has 0 saturated heterocycles. The monoisotopic (exact) mass is 700 g/mol. The van der Waals surface area contributed by atoms with Gasteiger partial charge in [-0.15, -0.1) is 0 Å². The lowest BCUT2D eigenvalue weighted by atomic mass is 10.0. The standard InChI is InChI=1S/C49H28N6/c1-51-34-24-33(26-37(27-34)54-45-19-8-5-15-38(45)41-23-31(30-50)20-21-46(41)54)32-11-9-14-36(25-32)55-48-28-42-39-16-6-7-18-44(39)53(35-12-3-2-4-13-35)47(42)29-43(48)40-17-10-22-52-49(40)55/h2-29H. The van der Waals surface area contributed by atoms with Crippen molar-refractivity contribution in [3.8, 4) is 34.3 Å². The van der Waals surface area contributed by atoms with Gasteiger partial charge in [0.05, 0.1) is 45.8 Å². The van der Waals surface area contributed by atoms with Gasteiger partial charge < -0.3 is 9.13 Å². The molecule has 11 rings (SSSR count). The average molecular weight is 701 g/mol. The maximum Gasteiger partial charge on any atom is 0.189 e. The van der Waals surface area contributed by atoms with Gasteiger partial charge in [0.25, 0.3) is 0 Å². The van der Waals surface area contributed by atoms with Crippen LogP contribution in [-0.4, -0.2) is 18.7 Å². The summed E-state index contributed by atoms with van der Waals surface area (Å²) in [6.45, 7) is 8.09. The summed E-state index contributed by atoms with van der Waals surface area (Å²) in [6, 6.07) is 58.9. The number of pyridine rings is 1. The van der Waals surface area contributed by atoms with Crippen LogP contribution in [0.3, 0.4) is 0 Å². The molecule has 55 heavy (non-hydrogen) atoms. The van der Waals surface area contributed by atoms with Crippen LogP contribution in [0.5, 0.6) is 0 Å². The Bertz CT molecular complexity index is 3460. The largest absolute Gasteiger partial charge is 0.310 e.